The molecule has 2 heterocycles. The van der Waals surface area contributed by atoms with E-state index < -0.39 is 6.61 Å². The van der Waals surface area contributed by atoms with Crippen molar-refractivity contribution in [3.05, 3.63) is 30.3 Å². The minimum atomic E-state index is -2.91. The SMILES string of the molecule is O=C(CCCN1CCCCC1)Nc1cc(-c2ccccc2OC(F)F)[nH]n1. The molecule has 2 aromatic rings. The molecule has 1 aromatic carbocycles. The van der Waals surface area contributed by atoms with Crippen molar-refractivity contribution in [2.24, 2.45) is 0 Å². The minimum absolute atomic E-state index is 0.0514. The van der Waals surface area contributed by atoms with Gasteiger partial charge in [-0.3, -0.25) is 9.89 Å². The molecule has 0 aliphatic carbocycles. The molecule has 1 fully saturated rings. The lowest BCUT2D eigenvalue weighted by Crippen LogP contribution is -2.31. The summed E-state index contributed by atoms with van der Waals surface area (Å²) < 4.78 is 29.6. The molecule has 146 valence electrons. The van der Waals surface area contributed by atoms with Crippen LogP contribution in [0.5, 0.6) is 5.75 Å². The van der Waals surface area contributed by atoms with Crippen molar-refractivity contribution in [1.29, 1.82) is 0 Å². The highest BCUT2D eigenvalue weighted by Crippen LogP contribution is 2.30. The van der Waals surface area contributed by atoms with Crippen molar-refractivity contribution < 1.29 is 18.3 Å². The summed E-state index contributed by atoms with van der Waals surface area (Å²) in [5, 5.41) is 9.53. The smallest absolute Gasteiger partial charge is 0.387 e. The van der Waals surface area contributed by atoms with Gasteiger partial charge >= 0.3 is 6.61 Å². The number of nitrogens with one attached hydrogen (secondary N) is 2. The number of likely N-dealkylation sites (tertiary alicyclic amines) is 1. The Balaban J connectivity index is 1.52. The molecule has 0 bridgehead atoms. The Hall–Kier alpha value is -2.48. The molecule has 0 atom stereocenters. The molecule has 1 aliphatic heterocycles. The summed E-state index contributed by atoms with van der Waals surface area (Å²) in [6.07, 6.45) is 4.99. The predicted octanol–water partition coefficient (Wildman–Crippen LogP) is 3.88. The lowest BCUT2D eigenvalue weighted by molar-refractivity contribution is -0.116. The average molecular weight is 378 g/mol. The van der Waals surface area contributed by atoms with Crippen LogP contribution >= 0.6 is 0 Å². The van der Waals surface area contributed by atoms with Gasteiger partial charge in [-0.2, -0.15) is 13.9 Å². The maximum Gasteiger partial charge on any atom is 0.387 e. The number of anilines is 1. The van der Waals surface area contributed by atoms with E-state index in [0.29, 0.717) is 23.5 Å². The minimum Gasteiger partial charge on any atom is -0.434 e. The van der Waals surface area contributed by atoms with Gasteiger partial charge < -0.3 is 15.0 Å². The molecule has 2 N–H and O–H groups in total. The summed E-state index contributed by atoms with van der Waals surface area (Å²) in [4.78, 5) is 14.5. The molecule has 1 aliphatic rings. The molecule has 3 rings (SSSR count). The molecule has 27 heavy (non-hydrogen) atoms. The number of para-hydroxylation sites is 1. The van der Waals surface area contributed by atoms with Gasteiger partial charge in [0.2, 0.25) is 5.91 Å². The molecule has 1 aromatic heterocycles. The second-order valence-electron chi connectivity index (χ2n) is 6.60. The average Bonchev–Trinajstić information content (AvgIpc) is 3.11. The van der Waals surface area contributed by atoms with Crippen molar-refractivity contribution in [2.75, 3.05) is 25.0 Å². The number of benzene rings is 1. The first kappa shape index (κ1) is 19.3. The number of H-pyrrole nitrogens is 1. The largest absolute Gasteiger partial charge is 0.434 e. The van der Waals surface area contributed by atoms with E-state index in [4.69, 9.17) is 0 Å². The zero-order chi connectivity index (χ0) is 19.1. The fourth-order valence-electron chi connectivity index (χ4n) is 3.26. The van der Waals surface area contributed by atoms with Crippen molar-refractivity contribution in [1.82, 2.24) is 15.1 Å². The Morgan fingerprint density at radius 3 is 2.81 bits per heavy atom. The lowest BCUT2D eigenvalue weighted by Gasteiger charge is -2.26. The summed E-state index contributed by atoms with van der Waals surface area (Å²) in [5.41, 5.74) is 0.950. The summed E-state index contributed by atoms with van der Waals surface area (Å²) in [5.74, 6) is 0.303. The summed E-state index contributed by atoms with van der Waals surface area (Å²) in [6.45, 7) is 0.250. The van der Waals surface area contributed by atoms with E-state index in [0.717, 1.165) is 26.1 Å². The highest BCUT2D eigenvalue weighted by molar-refractivity contribution is 5.90. The van der Waals surface area contributed by atoms with Crippen LogP contribution in [0, 0.1) is 0 Å². The zero-order valence-electron chi connectivity index (χ0n) is 15.1. The van der Waals surface area contributed by atoms with Crippen LogP contribution in [0.3, 0.4) is 0 Å². The molecular formula is C19H24F2N4O2. The Morgan fingerprint density at radius 2 is 2.04 bits per heavy atom. The maximum atomic E-state index is 12.5. The van der Waals surface area contributed by atoms with Crippen LogP contribution < -0.4 is 10.1 Å². The number of ether oxygens (including phenoxy) is 1. The number of rotatable bonds is 8. The Bertz CT molecular complexity index is 745. The molecule has 1 amide bonds. The first-order chi connectivity index (χ1) is 13.1. The van der Waals surface area contributed by atoms with Crippen LogP contribution in [-0.2, 0) is 4.79 Å². The molecule has 0 unspecified atom stereocenters. The molecule has 6 nitrogen and oxygen atoms in total. The van der Waals surface area contributed by atoms with E-state index in [1.54, 1.807) is 24.3 Å². The summed E-state index contributed by atoms with van der Waals surface area (Å²) >= 11 is 0. The van der Waals surface area contributed by atoms with Crippen LogP contribution in [0.15, 0.2) is 30.3 Å². The number of amides is 1. The molecule has 0 spiro atoms. The van der Waals surface area contributed by atoms with Crippen LogP contribution in [0.2, 0.25) is 0 Å². The van der Waals surface area contributed by atoms with Gasteiger partial charge in [0.15, 0.2) is 5.82 Å². The van der Waals surface area contributed by atoms with Crippen LogP contribution in [0.25, 0.3) is 11.3 Å². The van der Waals surface area contributed by atoms with Crippen molar-refractivity contribution in [3.8, 4) is 17.0 Å². The number of nitrogens with zero attached hydrogens (tertiary/aromatic N) is 2. The number of carbonyl (C=O) groups excluding carboxylic acids is 1. The third-order valence-corrected chi connectivity index (χ3v) is 4.57. The first-order valence-electron chi connectivity index (χ1n) is 9.23. The van der Waals surface area contributed by atoms with Crippen LogP contribution in [0.1, 0.15) is 32.1 Å². The highest BCUT2D eigenvalue weighted by atomic mass is 19.3. The number of alkyl halides is 2. The van der Waals surface area contributed by atoms with Gasteiger partial charge in [0, 0.05) is 18.1 Å². The molecule has 1 saturated heterocycles. The Labute approximate surface area is 156 Å². The third-order valence-electron chi connectivity index (χ3n) is 4.57. The normalized spacial score (nSPS) is 15.1. The lowest BCUT2D eigenvalue weighted by atomic mass is 10.1. The van der Waals surface area contributed by atoms with E-state index in [9.17, 15) is 13.6 Å². The van der Waals surface area contributed by atoms with E-state index in [-0.39, 0.29) is 11.7 Å². The molecule has 8 heteroatoms. The second-order valence-corrected chi connectivity index (χ2v) is 6.60. The van der Waals surface area contributed by atoms with E-state index >= 15 is 0 Å². The number of aromatic amines is 1. The fraction of sp³-hybridized carbons (Fsp3) is 0.474. The fourth-order valence-corrected chi connectivity index (χ4v) is 3.26. The number of hydrogen-bond donors (Lipinski definition) is 2. The quantitative estimate of drug-likeness (QED) is 0.731. The van der Waals surface area contributed by atoms with Crippen molar-refractivity contribution >= 4 is 11.7 Å². The first-order valence-corrected chi connectivity index (χ1v) is 9.23. The number of aromatic nitrogens is 2. The Kier molecular flexibility index (Phi) is 6.75. The number of hydrogen-bond acceptors (Lipinski definition) is 4. The standard InChI is InChI=1S/C19H24F2N4O2/c20-19(21)27-16-8-3-2-7-14(16)15-13-17(24-23-15)22-18(26)9-6-12-25-10-4-1-5-11-25/h2-3,7-8,13,19H,1,4-6,9-12H2,(H2,22,23,24,26). The zero-order valence-corrected chi connectivity index (χ0v) is 15.1. The van der Waals surface area contributed by atoms with Gasteiger partial charge in [-0.1, -0.05) is 18.6 Å². The van der Waals surface area contributed by atoms with Crippen LogP contribution in [-0.4, -0.2) is 47.3 Å². The molecule has 0 saturated carbocycles. The number of halogens is 2. The number of piperidine rings is 1. The molecule has 0 radical (unpaired) electrons. The van der Waals surface area contributed by atoms with Gasteiger partial charge in [0.25, 0.3) is 0 Å². The molecular weight excluding hydrogens is 354 g/mol. The monoisotopic (exact) mass is 378 g/mol. The van der Waals surface area contributed by atoms with Gasteiger partial charge in [0.1, 0.15) is 5.75 Å². The summed E-state index contributed by atoms with van der Waals surface area (Å²) in [6, 6.07) is 8.04. The van der Waals surface area contributed by atoms with Crippen molar-refractivity contribution in [2.45, 2.75) is 38.7 Å². The van der Waals surface area contributed by atoms with Gasteiger partial charge in [0.05, 0.1) is 5.69 Å². The maximum absolute atomic E-state index is 12.5. The van der Waals surface area contributed by atoms with Crippen LogP contribution in [0.4, 0.5) is 14.6 Å². The van der Waals surface area contributed by atoms with E-state index in [1.807, 2.05) is 0 Å². The number of carbonyl (C=O) groups is 1. The highest BCUT2D eigenvalue weighted by Gasteiger charge is 2.14. The Morgan fingerprint density at radius 1 is 1.26 bits per heavy atom. The summed E-state index contributed by atoms with van der Waals surface area (Å²) in [7, 11) is 0. The van der Waals surface area contributed by atoms with Crippen molar-refractivity contribution in [3.63, 3.8) is 0 Å². The second kappa shape index (κ2) is 9.45. The predicted molar refractivity (Wildman–Crippen MR) is 98.8 cm³/mol. The third kappa shape index (κ3) is 5.75. The van der Waals surface area contributed by atoms with Gasteiger partial charge in [-0.05, 0) is 51.0 Å². The topological polar surface area (TPSA) is 70.2 Å². The van der Waals surface area contributed by atoms with Gasteiger partial charge in [-0.25, -0.2) is 0 Å². The van der Waals surface area contributed by atoms with E-state index in [1.165, 1.54) is 25.3 Å². The van der Waals surface area contributed by atoms with E-state index in [2.05, 4.69) is 25.2 Å². The van der Waals surface area contributed by atoms with Gasteiger partial charge in [-0.15, -0.1) is 0 Å².